The molecule has 0 spiro atoms. The van der Waals surface area contributed by atoms with Crippen LogP contribution in [0.2, 0.25) is 0 Å². The maximum atomic E-state index is 12.6. The average molecular weight is 339 g/mol. The Morgan fingerprint density at radius 1 is 1.35 bits per heavy atom. The Kier molecular flexibility index (Phi) is 4.81. The molecule has 20 heavy (non-hydrogen) atoms. The lowest BCUT2D eigenvalue weighted by molar-refractivity contribution is -0.125. The van der Waals surface area contributed by atoms with Gasteiger partial charge in [-0.3, -0.25) is 9.59 Å². The molecular weight excluding hydrogens is 320 g/mol. The fraction of sp³-hybridized carbons (Fsp3) is 0.467. The molecule has 0 saturated carbocycles. The van der Waals surface area contributed by atoms with Crippen LogP contribution in [0.3, 0.4) is 0 Å². The van der Waals surface area contributed by atoms with Gasteiger partial charge in [0.2, 0.25) is 11.8 Å². The summed E-state index contributed by atoms with van der Waals surface area (Å²) in [5.74, 6) is -0.0683. The second-order valence-electron chi connectivity index (χ2n) is 5.14. The molecule has 1 unspecified atom stereocenters. The zero-order valence-electron chi connectivity index (χ0n) is 11.8. The van der Waals surface area contributed by atoms with Crippen molar-refractivity contribution < 1.29 is 9.59 Å². The fourth-order valence-corrected chi connectivity index (χ4v) is 3.05. The first-order valence-electron chi connectivity index (χ1n) is 6.89. The molecule has 5 heteroatoms. The normalized spacial score (nSPS) is 19.8. The number of carbonyl (C=O) groups excluding carboxylic acids is 2. The number of hydrogen-bond donors (Lipinski definition) is 1. The Morgan fingerprint density at radius 3 is 2.75 bits per heavy atom. The second-order valence-corrected chi connectivity index (χ2v) is 6.05. The minimum absolute atomic E-state index is 0.0183. The highest BCUT2D eigenvalue weighted by Gasteiger charge is 2.30. The van der Waals surface area contributed by atoms with E-state index >= 15 is 0 Å². The van der Waals surface area contributed by atoms with Gasteiger partial charge >= 0.3 is 0 Å². The molecule has 0 radical (unpaired) electrons. The zero-order chi connectivity index (χ0) is 14.7. The first-order valence-corrected chi connectivity index (χ1v) is 7.68. The van der Waals surface area contributed by atoms with Crippen molar-refractivity contribution in [1.29, 1.82) is 0 Å². The van der Waals surface area contributed by atoms with Crippen LogP contribution in [0, 0.1) is 6.92 Å². The van der Waals surface area contributed by atoms with Gasteiger partial charge in [0.15, 0.2) is 0 Å². The summed E-state index contributed by atoms with van der Waals surface area (Å²) in [7, 11) is 0. The van der Waals surface area contributed by atoms with Gasteiger partial charge in [-0.25, -0.2) is 0 Å². The monoisotopic (exact) mass is 338 g/mol. The molecule has 1 heterocycles. The maximum Gasteiger partial charge on any atom is 0.249 e. The third-order valence-corrected chi connectivity index (χ3v) is 3.84. The molecule has 2 amide bonds. The van der Waals surface area contributed by atoms with E-state index in [0.717, 1.165) is 22.1 Å². The van der Waals surface area contributed by atoms with Crippen LogP contribution in [0.5, 0.6) is 0 Å². The Labute approximate surface area is 127 Å². The van der Waals surface area contributed by atoms with Crippen molar-refractivity contribution in [3.63, 3.8) is 0 Å². The lowest BCUT2D eigenvalue weighted by Crippen LogP contribution is -2.44. The van der Waals surface area contributed by atoms with Crippen molar-refractivity contribution in [2.75, 3.05) is 11.4 Å². The first kappa shape index (κ1) is 15.0. The summed E-state index contributed by atoms with van der Waals surface area (Å²) in [4.78, 5) is 26.0. The number of hydrogen-bond acceptors (Lipinski definition) is 2. The molecule has 1 aliphatic rings. The van der Waals surface area contributed by atoms with E-state index in [1.165, 1.54) is 0 Å². The Morgan fingerprint density at radius 2 is 2.10 bits per heavy atom. The van der Waals surface area contributed by atoms with E-state index in [-0.39, 0.29) is 11.8 Å². The quantitative estimate of drug-likeness (QED) is 0.921. The Bertz CT molecular complexity index is 510. The van der Waals surface area contributed by atoms with Gasteiger partial charge in [-0.15, -0.1) is 0 Å². The third kappa shape index (κ3) is 3.39. The molecule has 1 aromatic rings. The average Bonchev–Trinajstić information content (AvgIpc) is 2.49. The van der Waals surface area contributed by atoms with E-state index in [1.807, 2.05) is 32.0 Å². The van der Waals surface area contributed by atoms with Crippen molar-refractivity contribution >= 4 is 33.4 Å². The summed E-state index contributed by atoms with van der Waals surface area (Å²) in [5, 5.41) is 2.82. The van der Waals surface area contributed by atoms with Crippen molar-refractivity contribution in [3.8, 4) is 0 Å². The van der Waals surface area contributed by atoms with E-state index in [2.05, 4.69) is 21.2 Å². The molecule has 1 fully saturated rings. The van der Waals surface area contributed by atoms with Crippen molar-refractivity contribution in [1.82, 2.24) is 5.32 Å². The van der Waals surface area contributed by atoms with Gasteiger partial charge in [0.1, 0.15) is 6.04 Å². The van der Waals surface area contributed by atoms with E-state index in [1.54, 1.807) is 4.90 Å². The highest BCUT2D eigenvalue weighted by atomic mass is 79.9. The molecule has 1 aromatic carbocycles. The Balaban J connectivity index is 2.33. The molecule has 0 bridgehead atoms. The second kappa shape index (κ2) is 6.39. The Hall–Kier alpha value is -1.36. The van der Waals surface area contributed by atoms with E-state index in [9.17, 15) is 9.59 Å². The third-order valence-electron chi connectivity index (χ3n) is 3.38. The van der Waals surface area contributed by atoms with Crippen molar-refractivity contribution in [2.45, 2.75) is 39.2 Å². The van der Waals surface area contributed by atoms with Crippen LogP contribution in [-0.4, -0.2) is 24.4 Å². The molecule has 0 aliphatic carbocycles. The number of anilines is 1. The number of aryl methyl sites for hydroxylation is 1. The molecule has 0 aromatic heterocycles. The van der Waals surface area contributed by atoms with Gasteiger partial charge in [-0.1, -0.05) is 29.3 Å². The van der Waals surface area contributed by atoms with E-state index < -0.39 is 6.04 Å². The number of benzene rings is 1. The van der Waals surface area contributed by atoms with Crippen LogP contribution in [0.4, 0.5) is 5.69 Å². The van der Waals surface area contributed by atoms with Crippen LogP contribution >= 0.6 is 15.9 Å². The molecule has 1 atom stereocenters. The van der Waals surface area contributed by atoms with Crippen LogP contribution in [0.1, 0.15) is 31.7 Å². The van der Waals surface area contributed by atoms with Crippen LogP contribution in [0.25, 0.3) is 0 Å². The highest BCUT2D eigenvalue weighted by molar-refractivity contribution is 9.10. The number of rotatable bonds is 3. The van der Waals surface area contributed by atoms with Gasteiger partial charge in [0.05, 0.1) is 0 Å². The summed E-state index contributed by atoms with van der Waals surface area (Å²) >= 11 is 3.46. The lowest BCUT2D eigenvalue weighted by Gasteiger charge is -2.24. The number of halogens is 1. The van der Waals surface area contributed by atoms with E-state index in [0.29, 0.717) is 19.4 Å². The van der Waals surface area contributed by atoms with Crippen LogP contribution in [0.15, 0.2) is 22.7 Å². The smallest absolute Gasteiger partial charge is 0.249 e. The van der Waals surface area contributed by atoms with Gasteiger partial charge in [0, 0.05) is 23.1 Å². The summed E-state index contributed by atoms with van der Waals surface area (Å²) in [5.41, 5.74) is 1.93. The summed E-state index contributed by atoms with van der Waals surface area (Å²) in [6.45, 7) is 4.43. The topological polar surface area (TPSA) is 49.4 Å². The zero-order valence-corrected chi connectivity index (χ0v) is 13.4. The molecule has 2 rings (SSSR count). The van der Waals surface area contributed by atoms with Crippen LogP contribution < -0.4 is 10.2 Å². The molecule has 4 nitrogen and oxygen atoms in total. The minimum atomic E-state index is -0.408. The number of nitrogens with zero attached hydrogens (tertiary/aromatic N) is 1. The minimum Gasteiger partial charge on any atom is -0.344 e. The molecule has 1 N–H and O–H groups in total. The van der Waals surface area contributed by atoms with Gasteiger partial charge in [-0.2, -0.15) is 0 Å². The van der Waals surface area contributed by atoms with Gasteiger partial charge in [-0.05, 0) is 37.1 Å². The largest absolute Gasteiger partial charge is 0.344 e. The number of carbonyl (C=O) groups is 2. The van der Waals surface area contributed by atoms with E-state index in [4.69, 9.17) is 0 Å². The first-order chi connectivity index (χ1) is 9.51. The highest BCUT2D eigenvalue weighted by Crippen LogP contribution is 2.24. The fourth-order valence-electron chi connectivity index (χ4n) is 2.45. The van der Waals surface area contributed by atoms with Crippen molar-refractivity contribution in [3.05, 3.63) is 28.2 Å². The number of amides is 2. The summed E-state index contributed by atoms with van der Waals surface area (Å²) < 4.78 is 0.941. The summed E-state index contributed by atoms with van der Waals surface area (Å²) in [6, 6.07) is 5.48. The molecule has 1 saturated heterocycles. The predicted molar refractivity (Wildman–Crippen MR) is 82.7 cm³/mol. The summed E-state index contributed by atoms with van der Waals surface area (Å²) in [6.07, 6.45) is 1.88. The molecular formula is C15H19BrN2O2. The standard InChI is InChI=1S/C15H19BrN2O2/c1-3-4-13-15(20)18(6-5-14(19)17-13)12-8-10(2)7-11(16)9-12/h7-9,13H,3-6H2,1-2H3,(H,17,19). The lowest BCUT2D eigenvalue weighted by atomic mass is 10.1. The van der Waals surface area contributed by atoms with Crippen molar-refractivity contribution in [2.24, 2.45) is 0 Å². The van der Waals surface area contributed by atoms with Crippen LogP contribution in [-0.2, 0) is 9.59 Å². The molecule has 108 valence electrons. The number of nitrogens with one attached hydrogen (secondary N) is 1. The predicted octanol–water partition coefficient (Wildman–Crippen LogP) is 2.78. The SMILES string of the molecule is CCCC1NC(=O)CCN(c2cc(C)cc(Br)c2)C1=O. The van der Waals surface area contributed by atoms with Gasteiger partial charge < -0.3 is 10.2 Å². The van der Waals surface area contributed by atoms with Gasteiger partial charge in [0.25, 0.3) is 0 Å². The molecule has 1 aliphatic heterocycles. The maximum absolute atomic E-state index is 12.6.